The highest BCUT2D eigenvalue weighted by Crippen LogP contribution is 2.22. The number of hydrogen-bond donors (Lipinski definition) is 1. The number of aromatic amines is 1. The summed E-state index contributed by atoms with van der Waals surface area (Å²) in [5.74, 6) is -0.502. The number of fused-ring (bicyclic) bond motifs is 1. The summed E-state index contributed by atoms with van der Waals surface area (Å²) < 4.78 is 14.2. The molecule has 0 aliphatic carbocycles. The number of halogens is 2. The maximum absolute atomic E-state index is 14.2. The Hall–Kier alpha value is -2.79. The second kappa shape index (κ2) is 6.84. The van der Waals surface area contributed by atoms with Crippen molar-refractivity contribution in [1.29, 1.82) is 0 Å². The van der Waals surface area contributed by atoms with Crippen molar-refractivity contribution in [2.45, 2.75) is 19.8 Å². The Kier molecular flexibility index (Phi) is 4.39. The third kappa shape index (κ3) is 3.44. The minimum Gasteiger partial charge on any atom is -0.346 e. The summed E-state index contributed by atoms with van der Waals surface area (Å²) >= 11 is 5.81. The van der Waals surface area contributed by atoms with E-state index >= 15 is 0 Å². The molecular formula is C20H15ClFN4. The highest BCUT2D eigenvalue weighted by molar-refractivity contribution is 6.29. The van der Waals surface area contributed by atoms with Crippen LogP contribution >= 0.6 is 11.6 Å². The number of nitrogens with zero attached hydrogens (tertiary/aromatic N) is 3. The minimum atomic E-state index is -0.502. The van der Waals surface area contributed by atoms with Crippen molar-refractivity contribution >= 4 is 22.6 Å². The van der Waals surface area contributed by atoms with Gasteiger partial charge in [0, 0.05) is 42.4 Å². The Morgan fingerprint density at radius 2 is 2.00 bits per heavy atom. The fourth-order valence-corrected chi connectivity index (χ4v) is 3.07. The summed E-state index contributed by atoms with van der Waals surface area (Å²) in [6.07, 6.45) is 9.14. The molecule has 0 bridgehead atoms. The molecule has 0 amide bonds. The number of hydrogen-bond acceptors (Lipinski definition) is 3. The molecule has 4 aromatic heterocycles. The van der Waals surface area contributed by atoms with Crippen LogP contribution in [0.2, 0.25) is 5.15 Å². The van der Waals surface area contributed by atoms with Crippen LogP contribution in [0.3, 0.4) is 0 Å². The molecule has 26 heavy (non-hydrogen) atoms. The van der Waals surface area contributed by atoms with Crippen LogP contribution in [0.25, 0.3) is 11.0 Å². The van der Waals surface area contributed by atoms with Crippen molar-refractivity contribution in [2.24, 2.45) is 0 Å². The van der Waals surface area contributed by atoms with Gasteiger partial charge in [0.1, 0.15) is 10.8 Å². The van der Waals surface area contributed by atoms with Gasteiger partial charge in [-0.1, -0.05) is 17.7 Å². The van der Waals surface area contributed by atoms with Crippen molar-refractivity contribution in [1.82, 2.24) is 19.9 Å². The molecular weight excluding hydrogens is 351 g/mol. The van der Waals surface area contributed by atoms with Crippen LogP contribution in [0.1, 0.15) is 27.8 Å². The highest BCUT2D eigenvalue weighted by atomic mass is 35.5. The monoisotopic (exact) mass is 365 g/mol. The summed E-state index contributed by atoms with van der Waals surface area (Å²) in [6.45, 7) is 1.99. The molecule has 0 unspecified atom stereocenters. The van der Waals surface area contributed by atoms with Gasteiger partial charge in [-0.25, -0.2) is 15.0 Å². The van der Waals surface area contributed by atoms with Crippen LogP contribution in [-0.4, -0.2) is 19.9 Å². The Balaban J connectivity index is 1.63. The van der Waals surface area contributed by atoms with E-state index in [0.29, 0.717) is 23.6 Å². The minimum absolute atomic E-state index is 0.435. The molecule has 4 heterocycles. The SMILES string of the molecule is Cc1cnc2[nH]cc(Cc3cc(Cc4ccc(Cl)nc4)[c]nc3F)c2c1. The molecule has 4 rings (SSSR count). The molecule has 0 saturated carbocycles. The van der Waals surface area contributed by atoms with Crippen LogP contribution in [0.15, 0.2) is 42.9 Å². The van der Waals surface area contributed by atoms with E-state index in [2.05, 4.69) is 32.2 Å². The molecule has 0 fully saturated rings. The largest absolute Gasteiger partial charge is 0.346 e. The summed E-state index contributed by atoms with van der Waals surface area (Å²) in [7, 11) is 0. The average molecular weight is 366 g/mol. The van der Waals surface area contributed by atoms with Gasteiger partial charge in [0.25, 0.3) is 0 Å². The average Bonchev–Trinajstić information content (AvgIpc) is 3.02. The smallest absolute Gasteiger partial charge is 0.217 e. The van der Waals surface area contributed by atoms with Crippen molar-refractivity contribution in [3.63, 3.8) is 0 Å². The topological polar surface area (TPSA) is 54.5 Å². The van der Waals surface area contributed by atoms with Crippen molar-refractivity contribution in [2.75, 3.05) is 0 Å². The van der Waals surface area contributed by atoms with Crippen LogP contribution in [-0.2, 0) is 12.8 Å². The van der Waals surface area contributed by atoms with Gasteiger partial charge in [-0.3, -0.25) is 0 Å². The van der Waals surface area contributed by atoms with Gasteiger partial charge in [0.05, 0.1) is 6.20 Å². The first-order valence-electron chi connectivity index (χ1n) is 8.17. The fourth-order valence-electron chi connectivity index (χ4n) is 2.95. The van der Waals surface area contributed by atoms with E-state index in [1.807, 2.05) is 19.2 Å². The van der Waals surface area contributed by atoms with Gasteiger partial charge in [0.15, 0.2) is 0 Å². The lowest BCUT2D eigenvalue weighted by molar-refractivity contribution is 0.568. The van der Waals surface area contributed by atoms with Gasteiger partial charge in [-0.05, 0) is 47.4 Å². The Labute approximate surface area is 155 Å². The zero-order chi connectivity index (χ0) is 18.1. The maximum atomic E-state index is 14.2. The number of aryl methyl sites for hydroxylation is 1. The first-order chi connectivity index (χ1) is 12.6. The molecule has 1 radical (unpaired) electrons. The first kappa shape index (κ1) is 16.7. The lowest BCUT2D eigenvalue weighted by atomic mass is 10.0. The molecule has 0 atom stereocenters. The maximum Gasteiger partial charge on any atom is 0.217 e. The van der Waals surface area contributed by atoms with E-state index in [1.54, 1.807) is 24.5 Å². The Morgan fingerprint density at radius 1 is 1.12 bits per heavy atom. The summed E-state index contributed by atoms with van der Waals surface area (Å²) in [4.78, 5) is 15.4. The number of rotatable bonds is 4. The number of H-pyrrole nitrogens is 1. The molecule has 129 valence electrons. The lowest BCUT2D eigenvalue weighted by Crippen LogP contribution is -2.00. The first-order valence-corrected chi connectivity index (χ1v) is 8.55. The third-order valence-electron chi connectivity index (χ3n) is 4.23. The molecule has 0 aromatic carbocycles. The van der Waals surface area contributed by atoms with E-state index in [1.165, 1.54) is 0 Å². The van der Waals surface area contributed by atoms with Crippen molar-refractivity contribution < 1.29 is 4.39 Å². The number of pyridine rings is 3. The summed E-state index contributed by atoms with van der Waals surface area (Å²) in [6, 6.07) is 7.48. The molecule has 0 saturated heterocycles. The highest BCUT2D eigenvalue weighted by Gasteiger charge is 2.11. The quantitative estimate of drug-likeness (QED) is 0.544. The van der Waals surface area contributed by atoms with E-state index in [-0.39, 0.29) is 0 Å². The zero-order valence-corrected chi connectivity index (χ0v) is 14.8. The lowest BCUT2D eigenvalue weighted by Gasteiger charge is -2.06. The van der Waals surface area contributed by atoms with Gasteiger partial charge in [-0.15, -0.1) is 0 Å². The Morgan fingerprint density at radius 3 is 2.81 bits per heavy atom. The van der Waals surface area contributed by atoms with Crippen LogP contribution in [0.5, 0.6) is 0 Å². The van der Waals surface area contributed by atoms with E-state index in [9.17, 15) is 4.39 Å². The number of nitrogens with one attached hydrogen (secondary N) is 1. The van der Waals surface area contributed by atoms with Crippen LogP contribution < -0.4 is 0 Å². The fraction of sp³-hybridized carbons (Fsp3) is 0.150. The standard InChI is InChI=1S/C20H15ClFN4/c1-12-4-17-16(11-26-20(17)25-8-12)7-15-6-14(10-24-19(15)22)5-13-2-3-18(21)23-9-13/h2-4,6,8-9,11H,5,7H2,1H3,(H,25,26). The zero-order valence-electron chi connectivity index (χ0n) is 14.1. The molecule has 0 aliphatic heterocycles. The van der Waals surface area contributed by atoms with Crippen molar-refractivity contribution in [3.8, 4) is 0 Å². The van der Waals surface area contributed by atoms with Crippen LogP contribution in [0, 0.1) is 19.1 Å². The van der Waals surface area contributed by atoms with E-state index < -0.39 is 5.95 Å². The second-order valence-electron chi connectivity index (χ2n) is 6.27. The van der Waals surface area contributed by atoms with Crippen LogP contribution in [0.4, 0.5) is 4.39 Å². The second-order valence-corrected chi connectivity index (χ2v) is 6.66. The number of aromatic nitrogens is 4. The van der Waals surface area contributed by atoms with Gasteiger partial charge < -0.3 is 4.98 Å². The normalized spacial score (nSPS) is 11.2. The molecule has 1 N–H and O–H groups in total. The van der Waals surface area contributed by atoms with Gasteiger partial charge in [-0.2, -0.15) is 4.39 Å². The summed E-state index contributed by atoms with van der Waals surface area (Å²) in [5, 5.41) is 1.44. The predicted molar refractivity (Wildman–Crippen MR) is 98.7 cm³/mol. The molecule has 0 spiro atoms. The summed E-state index contributed by atoms with van der Waals surface area (Å²) in [5.41, 5.74) is 5.16. The van der Waals surface area contributed by atoms with Gasteiger partial charge >= 0.3 is 0 Å². The van der Waals surface area contributed by atoms with Gasteiger partial charge in [0.2, 0.25) is 5.95 Å². The molecule has 4 nitrogen and oxygen atoms in total. The van der Waals surface area contributed by atoms with E-state index in [4.69, 9.17) is 11.6 Å². The van der Waals surface area contributed by atoms with Crippen molar-refractivity contribution in [3.05, 3.63) is 88.0 Å². The predicted octanol–water partition coefficient (Wildman–Crippen LogP) is 4.44. The molecule has 0 aliphatic rings. The molecule has 6 heteroatoms. The third-order valence-corrected chi connectivity index (χ3v) is 4.45. The Bertz CT molecular complexity index is 1070. The van der Waals surface area contributed by atoms with E-state index in [0.717, 1.165) is 33.3 Å². The molecule has 4 aromatic rings.